The van der Waals surface area contributed by atoms with Crippen molar-refractivity contribution in [2.24, 2.45) is 0 Å². The largest absolute Gasteiger partial charge is 0.193 e. The summed E-state index contributed by atoms with van der Waals surface area (Å²) >= 11 is 0. The molecule has 0 spiro atoms. The van der Waals surface area contributed by atoms with Gasteiger partial charge in [0.05, 0.1) is 6.07 Å². The lowest BCUT2D eigenvalue weighted by atomic mass is 10.0. The molecule has 1 atom stereocenters. The van der Waals surface area contributed by atoms with Crippen LogP contribution in [0.2, 0.25) is 0 Å². The second kappa shape index (κ2) is 7.67. The van der Waals surface area contributed by atoms with E-state index in [2.05, 4.69) is 30.9 Å². The maximum atomic E-state index is 8.41. The van der Waals surface area contributed by atoms with Crippen LogP contribution in [0, 0.1) is 11.3 Å². The zero-order chi connectivity index (χ0) is 14.9. The van der Waals surface area contributed by atoms with Gasteiger partial charge in [-0.1, -0.05) is 85.5 Å². The molecule has 21 heavy (non-hydrogen) atoms. The van der Waals surface area contributed by atoms with Crippen molar-refractivity contribution in [3.05, 3.63) is 96.1 Å². The Kier molecular flexibility index (Phi) is 5.32. The van der Waals surface area contributed by atoms with Gasteiger partial charge in [-0.15, -0.1) is 0 Å². The standard InChI is InChI=1S/C12H9N.C8H8/c13-9-3-5-11-8-7-10-4-1-2-6-12(10)11;1-2-8-6-4-3-5-7-8/h1-8,11H;2-7H,1H2. The van der Waals surface area contributed by atoms with Crippen molar-refractivity contribution in [2.45, 2.75) is 5.92 Å². The van der Waals surface area contributed by atoms with Gasteiger partial charge < -0.3 is 0 Å². The molecule has 0 aromatic heterocycles. The van der Waals surface area contributed by atoms with Crippen molar-refractivity contribution in [1.82, 2.24) is 0 Å². The van der Waals surface area contributed by atoms with Crippen LogP contribution in [0.4, 0.5) is 0 Å². The first-order valence-electron chi connectivity index (χ1n) is 6.86. The molecule has 2 aromatic carbocycles. The van der Waals surface area contributed by atoms with Crippen LogP contribution in [0.1, 0.15) is 22.6 Å². The summed E-state index contributed by atoms with van der Waals surface area (Å²) in [4.78, 5) is 0. The molecular formula is C20H17N. The fraction of sp³-hybridized carbons (Fsp3) is 0.0500. The molecule has 2 aromatic rings. The van der Waals surface area contributed by atoms with Crippen molar-refractivity contribution < 1.29 is 0 Å². The van der Waals surface area contributed by atoms with Gasteiger partial charge in [0, 0.05) is 12.0 Å². The normalized spacial score (nSPS) is 14.9. The molecule has 0 saturated heterocycles. The molecule has 0 fully saturated rings. The Labute approximate surface area is 126 Å². The third-order valence-electron chi connectivity index (χ3n) is 3.25. The van der Waals surface area contributed by atoms with E-state index < -0.39 is 0 Å². The van der Waals surface area contributed by atoms with Crippen LogP contribution in [-0.2, 0) is 0 Å². The van der Waals surface area contributed by atoms with Crippen molar-refractivity contribution in [1.29, 1.82) is 5.26 Å². The quantitative estimate of drug-likeness (QED) is 0.688. The summed E-state index contributed by atoms with van der Waals surface area (Å²) in [6.45, 7) is 3.63. The Bertz CT molecular complexity index is 687. The second-order valence-electron chi connectivity index (χ2n) is 4.62. The van der Waals surface area contributed by atoms with Crippen molar-refractivity contribution in [3.8, 4) is 6.07 Å². The molecule has 0 radical (unpaired) electrons. The molecule has 1 aliphatic rings. The fourth-order valence-corrected chi connectivity index (χ4v) is 2.18. The van der Waals surface area contributed by atoms with Gasteiger partial charge in [0.2, 0.25) is 0 Å². The Morgan fingerprint density at radius 2 is 1.71 bits per heavy atom. The smallest absolute Gasteiger partial charge is 0.0909 e. The lowest BCUT2D eigenvalue weighted by Crippen LogP contribution is -1.87. The van der Waals surface area contributed by atoms with E-state index in [0.29, 0.717) is 0 Å². The highest BCUT2D eigenvalue weighted by atomic mass is 14.2. The van der Waals surface area contributed by atoms with Crippen molar-refractivity contribution >= 4 is 12.2 Å². The molecule has 0 aliphatic heterocycles. The van der Waals surface area contributed by atoms with Crippen molar-refractivity contribution in [2.75, 3.05) is 0 Å². The third kappa shape index (κ3) is 4.06. The number of nitriles is 1. The first-order valence-corrected chi connectivity index (χ1v) is 6.86. The highest BCUT2D eigenvalue weighted by Crippen LogP contribution is 2.30. The molecule has 0 heterocycles. The Morgan fingerprint density at radius 3 is 2.38 bits per heavy atom. The molecule has 102 valence electrons. The zero-order valence-corrected chi connectivity index (χ0v) is 11.8. The van der Waals surface area contributed by atoms with Crippen LogP contribution in [0.25, 0.3) is 12.2 Å². The molecule has 1 aliphatic carbocycles. The number of allylic oxidation sites excluding steroid dienone is 3. The van der Waals surface area contributed by atoms with E-state index in [1.807, 2.05) is 60.7 Å². The van der Waals surface area contributed by atoms with Crippen LogP contribution >= 0.6 is 0 Å². The Balaban J connectivity index is 0.000000173. The summed E-state index contributed by atoms with van der Waals surface area (Å²) in [5.74, 6) is 0.288. The number of rotatable bonds is 2. The second-order valence-corrected chi connectivity index (χ2v) is 4.62. The summed E-state index contributed by atoms with van der Waals surface area (Å²) in [6, 6.07) is 20.3. The van der Waals surface area contributed by atoms with Gasteiger partial charge in [0.1, 0.15) is 0 Å². The lowest BCUT2D eigenvalue weighted by molar-refractivity contribution is 1.11. The number of hydrogen-bond acceptors (Lipinski definition) is 1. The minimum absolute atomic E-state index is 0.288. The van der Waals surface area contributed by atoms with E-state index in [-0.39, 0.29) is 5.92 Å². The number of fused-ring (bicyclic) bond motifs is 1. The first-order chi connectivity index (χ1) is 10.3. The van der Waals surface area contributed by atoms with Crippen molar-refractivity contribution in [3.63, 3.8) is 0 Å². The molecule has 1 heteroatoms. The predicted octanol–water partition coefficient (Wildman–Crippen LogP) is 5.21. The van der Waals surface area contributed by atoms with Crippen LogP contribution in [0.15, 0.2) is 79.4 Å². The molecule has 1 unspecified atom stereocenters. The number of benzene rings is 2. The van der Waals surface area contributed by atoms with Crippen LogP contribution in [-0.4, -0.2) is 0 Å². The maximum absolute atomic E-state index is 8.41. The molecular weight excluding hydrogens is 254 g/mol. The topological polar surface area (TPSA) is 23.8 Å². The monoisotopic (exact) mass is 271 g/mol. The summed E-state index contributed by atoms with van der Waals surface area (Å²) in [5, 5.41) is 8.41. The number of nitrogens with zero attached hydrogens (tertiary/aromatic N) is 1. The fourth-order valence-electron chi connectivity index (χ4n) is 2.18. The maximum Gasteiger partial charge on any atom is 0.0909 e. The van der Waals surface area contributed by atoms with E-state index in [1.165, 1.54) is 22.8 Å². The summed E-state index contributed by atoms with van der Waals surface area (Å²) < 4.78 is 0. The van der Waals surface area contributed by atoms with Gasteiger partial charge in [0.15, 0.2) is 0 Å². The lowest BCUT2D eigenvalue weighted by Gasteiger charge is -2.03. The van der Waals surface area contributed by atoms with Crippen LogP contribution < -0.4 is 0 Å². The zero-order valence-electron chi connectivity index (χ0n) is 11.8. The van der Waals surface area contributed by atoms with E-state index in [1.54, 1.807) is 0 Å². The SMILES string of the molecule is C=Cc1ccccc1.N#CC=CC1C=Cc2ccccc21. The van der Waals surface area contributed by atoms with Gasteiger partial charge in [-0.25, -0.2) is 0 Å². The highest BCUT2D eigenvalue weighted by Gasteiger charge is 2.12. The van der Waals surface area contributed by atoms with Gasteiger partial charge >= 0.3 is 0 Å². The van der Waals surface area contributed by atoms with Crippen LogP contribution in [0.5, 0.6) is 0 Å². The average Bonchev–Trinajstić information content (AvgIpc) is 2.97. The summed E-state index contributed by atoms with van der Waals surface area (Å²) in [6.07, 6.45) is 9.50. The van der Waals surface area contributed by atoms with E-state index in [4.69, 9.17) is 5.26 Å². The predicted molar refractivity (Wildman–Crippen MR) is 89.5 cm³/mol. The minimum atomic E-state index is 0.288. The highest BCUT2D eigenvalue weighted by molar-refractivity contribution is 5.63. The first kappa shape index (κ1) is 14.6. The molecule has 0 N–H and O–H groups in total. The van der Waals surface area contributed by atoms with E-state index >= 15 is 0 Å². The van der Waals surface area contributed by atoms with Gasteiger partial charge in [-0.2, -0.15) is 5.26 Å². The Hall–Kier alpha value is -2.85. The average molecular weight is 271 g/mol. The van der Waals surface area contributed by atoms with Gasteiger partial charge in [-0.3, -0.25) is 0 Å². The Morgan fingerprint density at radius 1 is 1.00 bits per heavy atom. The molecule has 0 amide bonds. The molecule has 0 saturated carbocycles. The molecule has 3 rings (SSSR count). The van der Waals surface area contributed by atoms with Gasteiger partial charge in [-0.05, 0) is 16.7 Å². The molecule has 1 nitrogen and oxygen atoms in total. The number of hydrogen-bond donors (Lipinski definition) is 0. The third-order valence-corrected chi connectivity index (χ3v) is 3.25. The minimum Gasteiger partial charge on any atom is -0.193 e. The van der Waals surface area contributed by atoms with E-state index in [9.17, 15) is 0 Å². The summed E-state index contributed by atoms with van der Waals surface area (Å²) in [7, 11) is 0. The molecule has 0 bridgehead atoms. The van der Waals surface area contributed by atoms with Crippen LogP contribution in [0.3, 0.4) is 0 Å². The summed E-state index contributed by atoms with van der Waals surface area (Å²) in [5.41, 5.74) is 3.72. The van der Waals surface area contributed by atoms with Gasteiger partial charge in [0.25, 0.3) is 0 Å². The van der Waals surface area contributed by atoms with E-state index in [0.717, 1.165) is 0 Å².